The smallest absolute Gasteiger partial charge is 0.234 e. The van der Waals surface area contributed by atoms with Crippen LogP contribution in [0.4, 0.5) is 11.4 Å². The fourth-order valence-electron chi connectivity index (χ4n) is 2.73. The second-order valence-corrected chi connectivity index (χ2v) is 5.40. The molecule has 6 heteroatoms. The van der Waals surface area contributed by atoms with Crippen molar-refractivity contribution >= 4 is 17.3 Å². The number of carbonyl (C=O) groups excluding carboxylic acids is 1. The first kappa shape index (κ1) is 12.9. The molecule has 2 fully saturated rings. The lowest BCUT2D eigenvalue weighted by Crippen LogP contribution is -2.23. The van der Waals surface area contributed by atoms with Gasteiger partial charge in [-0.1, -0.05) is 12.1 Å². The molecule has 0 radical (unpaired) electrons. The average Bonchev–Trinajstić information content (AvgIpc) is 3.08. The van der Waals surface area contributed by atoms with E-state index in [9.17, 15) is 14.9 Å². The fraction of sp³-hybridized carbons (Fsp3) is 0.500. The fourth-order valence-corrected chi connectivity index (χ4v) is 2.73. The lowest BCUT2D eigenvalue weighted by Gasteiger charge is -2.21. The van der Waals surface area contributed by atoms with E-state index >= 15 is 0 Å². The van der Waals surface area contributed by atoms with Gasteiger partial charge in [-0.3, -0.25) is 14.9 Å². The molecule has 0 aromatic heterocycles. The van der Waals surface area contributed by atoms with Crippen LogP contribution in [0.1, 0.15) is 19.3 Å². The lowest BCUT2D eigenvalue weighted by atomic mass is 10.2. The number of nitrogens with one attached hydrogen (secondary N) is 1. The number of amides is 1. The quantitative estimate of drug-likeness (QED) is 0.672. The van der Waals surface area contributed by atoms with Crippen molar-refractivity contribution in [3.63, 3.8) is 0 Å². The van der Waals surface area contributed by atoms with Crippen LogP contribution >= 0.6 is 0 Å². The molecule has 1 saturated heterocycles. The summed E-state index contributed by atoms with van der Waals surface area (Å²) in [4.78, 5) is 24.5. The van der Waals surface area contributed by atoms with Crippen molar-refractivity contribution < 1.29 is 9.72 Å². The second kappa shape index (κ2) is 5.11. The minimum atomic E-state index is -0.700. The van der Waals surface area contributed by atoms with E-state index < -0.39 is 12.0 Å². The third-order valence-corrected chi connectivity index (χ3v) is 3.97. The van der Waals surface area contributed by atoms with Gasteiger partial charge < -0.3 is 10.2 Å². The minimum absolute atomic E-state index is 0.238. The zero-order valence-corrected chi connectivity index (χ0v) is 11.1. The Morgan fingerprint density at radius 2 is 2.00 bits per heavy atom. The maximum atomic E-state index is 12.0. The molecule has 2 unspecified atom stereocenters. The second-order valence-electron chi connectivity index (χ2n) is 5.40. The molecule has 0 bridgehead atoms. The van der Waals surface area contributed by atoms with Gasteiger partial charge in [0.05, 0.1) is 11.4 Å². The molecule has 2 atom stereocenters. The molecular formula is C14H17N3O3. The molecule has 2 aliphatic rings. The normalized spacial score (nSPS) is 24.5. The first-order chi connectivity index (χ1) is 9.66. The number of hydrogen-bond donors (Lipinski definition) is 1. The Balaban J connectivity index is 1.71. The minimum Gasteiger partial charge on any atom is -0.370 e. The van der Waals surface area contributed by atoms with E-state index in [0.29, 0.717) is 6.42 Å². The highest BCUT2D eigenvalue weighted by Crippen LogP contribution is 2.35. The molecule has 1 amide bonds. The Hall–Kier alpha value is -2.11. The molecular weight excluding hydrogens is 258 g/mol. The van der Waals surface area contributed by atoms with Gasteiger partial charge in [-0.05, 0) is 25.0 Å². The number of para-hydroxylation sites is 2. The van der Waals surface area contributed by atoms with E-state index in [1.807, 2.05) is 24.3 Å². The predicted molar refractivity (Wildman–Crippen MR) is 75.4 cm³/mol. The Morgan fingerprint density at radius 1 is 1.30 bits per heavy atom. The molecule has 1 aliphatic heterocycles. The lowest BCUT2D eigenvalue weighted by molar-refractivity contribution is -0.497. The maximum Gasteiger partial charge on any atom is 0.234 e. The Morgan fingerprint density at radius 3 is 2.65 bits per heavy atom. The van der Waals surface area contributed by atoms with Crippen LogP contribution in [0.15, 0.2) is 24.3 Å². The van der Waals surface area contributed by atoms with Crippen LogP contribution in [0.25, 0.3) is 0 Å². The summed E-state index contributed by atoms with van der Waals surface area (Å²) in [5.74, 6) is -0.713. The van der Waals surface area contributed by atoms with Crippen molar-refractivity contribution in [3.8, 4) is 0 Å². The van der Waals surface area contributed by atoms with Crippen molar-refractivity contribution in [2.24, 2.45) is 5.92 Å². The molecule has 1 aromatic carbocycles. The van der Waals surface area contributed by atoms with Crippen LogP contribution < -0.4 is 10.2 Å². The van der Waals surface area contributed by atoms with Gasteiger partial charge in [0.25, 0.3) is 0 Å². The van der Waals surface area contributed by atoms with Gasteiger partial charge >= 0.3 is 0 Å². The summed E-state index contributed by atoms with van der Waals surface area (Å²) in [6.45, 7) is 1.99. The summed E-state index contributed by atoms with van der Waals surface area (Å²) in [7, 11) is 0. The van der Waals surface area contributed by atoms with Gasteiger partial charge in [0.1, 0.15) is 5.92 Å². The molecule has 1 heterocycles. The Bertz CT molecular complexity index is 540. The first-order valence-electron chi connectivity index (χ1n) is 6.95. The Kier molecular flexibility index (Phi) is 3.30. The summed E-state index contributed by atoms with van der Waals surface area (Å²) in [6, 6.07) is 6.95. The highest BCUT2D eigenvalue weighted by atomic mass is 16.6. The highest BCUT2D eigenvalue weighted by molar-refractivity contribution is 5.97. The van der Waals surface area contributed by atoms with Crippen molar-refractivity contribution in [1.82, 2.24) is 0 Å². The molecule has 3 rings (SSSR count). The van der Waals surface area contributed by atoms with Crippen LogP contribution in [0.5, 0.6) is 0 Å². The maximum absolute atomic E-state index is 12.0. The summed E-state index contributed by atoms with van der Waals surface area (Å²) >= 11 is 0. The van der Waals surface area contributed by atoms with Gasteiger partial charge in [-0.25, -0.2) is 0 Å². The number of benzene rings is 1. The topological polar surface area (TPSA) is 75.5 Å². The van der Waals surface area contributed by atoms with Crippen LogP contribution in [0.2, 0.25) is 0 Å². The molecule has 106 valence electrons. The van der Waals surface area contributed by atoms with Crippen LogP contribution in [-0.2, 0) is 4.79 Å². The van der Waals surface area contributed by atoms with Gasteiger partial charge in [-0.15, -0.1) is 0 Å². The third kappa shape index (κ3) is 2.45. The molecule has 0 spiro atoms. The zero-order valence-electron chi connectivity index (χ0n) is 11.1. The van der Waals surface area contributed by atoms with Crippen molar-refractivity contribution in [2.45, 2.75) is 25.3 Å². The molecule has 6 nitrogen and oxygen atoms in total. The van der Waals surface area contributed by atoms with Gasteiger partial charge in [0.15, 0.2) is 0 Å². The zero-order chi connectivity index (χ0) is 14.1. The van der Waals surface area contributed by atoms with E-state index in [1.54, 1.807) is 0 Å². The van der Waals surface area contributed by atoms with E-state index in [1.165, 1.54) is 0 Å². The summed E-state index contributed by atoms with van der Waals surface area (Å²) in [5, 5.41) is 13.5. The number of nitro groups is 1. The van der Waals surface area contributed by atoms with Gasteiger partial charge in [-0.2, -0.15) is 0 Å². The Labute approximate surface area is 116 Å². The number of nitrogens with zero attached hydrogens (tertiary/aromatic N) is 2. The standard InChI is InChI=1S/C14H17N3O3/c18-14(10-9-13(10)17(19)20)15-11-5-1-2-6-12(11)16-7-3-4-8-16/h1-2,5-6,10,13H,3-4,7-9H2,(H,15,18). The van der Waals surface area contributed by atoms with Crippen LogP contribution in [-0.4, -0.2) is 30.0 Å². The summed E-state index contributed by atoms with van der Waals surface area (Å²) in [6.07, 6.45) is 2.67. The number of carbonyl (C=O) groups is 1. The first-order valence-corrected chi connectivity index (χ1v) is 6.95. The number of hydrogen-bond acceptors (Lipinski definition) is 4. The predicted octanol–water partition coefficient (Wildman–Crippen LogP) is 1.89. The molecule has 1 aromatic rings. The van der Waals surface area contributed by atoms with Gasteiger partial charge in [0, 0.05) is 24.4 Å². The SMILES string of the molecule is O=C(Nc1ccccc1N1CCCC1)C1CC1[N+](=O)[O-]. The van der Waals surface area contributed by atoms with E-state index in [-0.39, 0.29) is 10.8 Å². The van der Waals surface area contributed by atoms with Crippen LogP contribution in [0.3, 0.4) is 0 Å². The molecule has 1 saturated carbocycles. The highest BCUT2D eigenvalue weighted by Gasteiger charge is 2.53. The summed E-state index contributed by atoms with van der Waals surface area (Å²) < 4.78 is 0. The van der Waals surface area contributed by atoms with Gasteiger partial charge in [0.2, 0.25) is 11.9 Å². The van der Waals surface area contributed by atoms with Crippen molar-refractivity contribution in [3.05, 3.63) is 34.4 Å². The molecule has 20 heavy (non-hydrogen) atoms. The van der Waals surface area contributed by atoms with E-state index in [0.717, 1.165) is 37.3 Å². The molecule has 1 aliphatic carbocycles. The van der Waals surface area contributed by atoms with Crippen molar-refractivity contribution in [2.75, 3.05) is 23.3 Å². The van der Waals surface area contributed by atoms with E-state index in [4.69, 9.17) is 0 Å². The largest absolute Gasteiger partial charge is 0.370 e. The average molecular weight is 275 g/mol. The van der Waals surface area contributed by atoms with Crippen LogP contribution in [0, 0.1) is 16.0 Å². The monoisotopic (exact) mass is 275 g/mol. The van der Waals surface area contributed by atoms with E-state index in [2.05, 4.69) is 10.2 Å². The number of anilines is 2. The van der Waals surface area contributed by atoms with Crippen molar-refractivity contribution in [1.29, 1.82) is 0 Å². The summed E-state index contributed by atoms with van der Waals surface area (Å²) in [5.41, 5.74) is 1.77. The number of rotatable bonds is 4. The molecule has 1 N–H and O–H groups in total. The third-order valence-electron chi connectivity index (χ3n) is 3.97.